The molecule has 0 saturated carbocycles. The molecule has 10 rings (SSSR count). The largest absolute Gasteiger partial charge is 0.264 e. The highest BCUT2D eigenvalue weighted by molar-refractivity contribution is 6.37. The third-order valence-electron chi connectivity index (χ3n) is 9.70. The van der Waals surface area contributed by atoms with E-state index in [0.29, 0.717) is 0 Å². The van der Waals surface area contributed by atoms with E-state index in [9.17, 15) is 0 Å². The van der Waals surface area contributed by atoms with Crippen LogP contribution in [0.15, 0.2) is 158 Å². The summed E-state index contributed by atoms with van der Waals surface area (Å²) in [6, 6.07) is 51.2. The van der Waals surface area contributed by atoms with Crippen LogP contribution in [0.25, 0.3) is 98.1 Å². The monoisotopic (exact) mass is 582 g/mol. The fourth-order valence-corrected chi connectivity index (χ4v) is 7.55. The molecule has 8 aromatic carbocycles. The summed E-state index contributed by atoms with van der Waals surface area (Å²) in [4.78, 5) is 9.02. The Morgan fingerprint density at radius 2 is 0.870 bits per heavy atom. The molecule has 2 heteroatoms. The molecule has 0 unspecified atom stereocenters. The van der Waals surface area contributed by atoms with Gasteiger partial charge in [-0.3, -0.25) is 9.97 Å². The molecular formula is C44H26N2. The lowest BCUT2D eigenvalue weighted by Crippen LogP contribution is -1.89. The normalized spacial score (nSPS) is 11.9. The SMILES string of the molecule is c1cncc(-c2ccc(-c3ccc(-c4cc5ccc6cccc7c8cccc9ccc%10cccc(c(c4)c5c67)c%10c98)cc3)nc2)c1. The second kappa shape index (κ2) is 9.69. The minimum Gasteiger partial charge on any atom is -0.264 e. The molecule has 10 aromatic rings. The van der Waals surface area contributed by atoms with Crippen molar-refractivity contribution in [1.82, 2.24) is 9.97 Å². The van der Waals surface area contributed by atoms with Crippen molar-refractivity contribution in [2.45, 2.75) is 0 Å². The molecular weight excluding hydrogens is 556 g/mol. The molecule has 0 amide bonds. The van der Waals surface area contributed by atoms with Gasteiger partial charge >= 0.3 is 0 Å². The van der Waals surface area contributed by atoms with Crippen molar-refractivity contribution in [3.8, 4) is 33.5 Å². The average molecular weight is 583 g/mol. The number of hydrogen-bond acceptors (Lipinski definition) is 2. The van der Waals surface area contributed by atoms with Crippen molar-refractivity contribution in [2.24, 2.45) is 0 Å². The molecule has 0 saturated heterocycles. The van der Waals surface area contributed by atoms with Crippen LogP contribution >= 0.6 is 0 Å². The summed E-state index contributed by atoms with van der Waals surface area (Å²) in [6.45, 7) is 0. The van der Waals surface area contributed by atoms with Gasteiger partial charge in [0.25, 0.3) is 0 Å². The number of hydrogen-bond donors (Lipinski definition) is 0. The van der Waals surface area contributed by atoms with Gasteiger partial charge in [0.05, 0.1) is 5.69 Å². The third kappa shape index (κ3) is 3.71. The Labute approximate surface area is 265 Å². The highest BCUT2D eigenvalue weighted by Gasteiger charge is 2.16. The van der Waals surface area contributed by atoms with E-state index in [0.717, 1.165) is 22.4 Å². The van der Waals surface area contributed by atoms with E-state index in [1.807, 2.05) is 18.5 Å². The van der Waals surface area contributed by atoms with Crippen LogP contribution in [0.4, 0.5) is 0 Å². The molecule has 0 fully saturated rings. The summed E-state index contributed by atoms with van der Waals surface area (Å²) in [5, 5.41) is 15.6. The molecule has 0 aliphatic heterocycles. The Morgan fingerprint density at radius 1 is 0.326 bits per heavy atom. The second-order valence-electron chi connectivity index (χ2n) is 12.2. The molecule has 2 aromatic heterocycles. The van der Waals surface area contributed by atoms with Gasteiger partial charge in [0.2, 0.25) is 0 Å². The third-order valence-corrected chi connectivity index (χ3v) is 9.70. The van der Waals surface area contributed by atoms with Crippen molar-refractivity contribution < 1.29 is 0 Å². The standard InChI is InChI=1S/C44H26N2/c1-5-29-16-17-30-7-3-11-38-39-24-35(27-12-14-28(15-13-27)40-21-20-34(26-46-40)33-8-4-22-45-25-33)23-32-19-18-31-6-2-10-37(42(31)44(32)39)36(9-1)41(29)43(30)38/h1-26H. The molecule has 212 valence electrons. The number of pyridine rings is 2. The first kappa shape index (κ1) is 25.2. The first-order valence-electron chi connectivity index (χ1n) is 15.7. The van der Waals surface area contributed by atoms with E-state index in [1.165, 1.54) is 75.8 Å². The minimum absolute atomic E-state index is 0.956. The van der Waals surface area contributed by atoms with Crippen LogP contribution < -0.4 is 0 Å². The van der Waals surface area contributed by atoms with Crippen LogP contribution in [0.5, 0.6) is 0 Å². The van der Waals surface area contributed by atoms with Crippen LogP contribution in [0.2, 0.25) is 0 Å². The van der Waals surface area contributed by atoms with Crippen LogP contribution in [0.3, 0.4) is 0 Å². The summed E-state index contributed by atoms with van der Waals surface area (Å²) in [5.41, 5.74) is 6.59. The lowest BCUT2D eigenvalue weighted by atomic mass is 9.86. The van der Waals surface area contributed by atoms with Crippen LogP contribution in [0, 0.1) is 0 Å². The Bertz CT molecular complexity index is 2760. The van der Waals surface area contributed by atoms with Gasteiger partial charge in [-0.1, -0.05) is 115 Å². The van der Waals surface area contributed by atoms with E-state index in [2.05, 4.69) is 138 Å². The zero-order chi connectivity index (χ0) is 30.2. The number of aromatic nitrogens is 2. The molecule has 0 radical (unpaired) electrons. The minimum atomic E-state index is 0.956. The number of benzene rings is 7. The highest BCUT2D eigenvalue weighted by Crippen LogP contribution is 2.44. The maximum absolute atomic E-state index is 4.78. The summed E-state index contributed by atoms with van der Waals surface area (Å²) in [6.07, 6.45) is 5.59. The lowest BCUT2D eigenvalue weighted by Gasteiger charge is -2.17. The van der Waals surface area contributed by atoms with Gasteiger partial charge in [0, 0.05) is 35.3 Å². The fraction of sp³-hybridized carbons (Fsp3) is 0. The predicted octanol–water partition coefficient (Wildman–Crippen LogP) is 11.8. The molecule has 0 spiro atoms. The topological polar surface area (TPSA) is 25.8 Å². The van der Waals surface area contributed by atoms with Crippen molar-refractivity contribution in [2.75, 3.05) is 0 Å². The molecule has 0 aliphatic rings. The summed E-state index contributed by atoms with van der Waals surface area (Å²) >= 11 is 0. The molecule has 2 heterocycles. The smallest absolute Gasteiger partial charge is 0.0702 e. The van der Waals surface area contributed by atoms with Gasteiger partial charge < -0.3 is 0 Å². The average Bonchev–Trinajstić information content (AvgIpc) is 3.13. The first-order valence-corrected chi connectivity index (χ1v) is 15.7. The molecule has 2 nitrogen and oxygen atoms in total. The lowest BCUT2D eigenvalue weighted by molar-refractivity contribution is 1.30. The quantitative estimate of drug-likeness (QED) is 0.194. The van der Waals surface area contributed by atoms with Crippen LogP contribution in [0.1, 0.15) is 0 Å². The molecule has 46 heavy (non-hydrogen) atoms. The van der Waals surface area contributed by atoms with Crippen LogP contribution in [-0.4, -0.2) is 9.97 Å². The Morgan fingerprint density at radius 3 is 1.46 bits per heavy atom. The molecule has 0 aliphatic carbocycles. The van der Waals surface area contributed by atoms with Gasteiger partial charge in [0.1, 0.15) is 0 Å². The van der Waals surface area contributed by atoms with Gasteiger partial charge in [-0.25, -0.2) is 0 Å². The van der Waals surface area contributed by atoms with Crippen molar-refractivity contribution in [1.29, 1.82) is 0 Å². The molecule has 0 bridgehead atoms. The highest BCUT2D eigenvalue weighted by atomic mass is 14.7. The van der Waals surface area contributed by atoms with E-state index in [4.69, 9.17) is 4.98 Å². The maximum Gasteiger partial charge on any atom is 0.0702 e. The Balaban J connectivity index is 1.21. The number of nitrogens with zero attached hydrogens (tertiary/aromatic N) is 2. The zero-order valence-corrected chi connectivity index (χ0v) is 24.9. The second-order valence-corrected chi connectivity index (χ2v) is 12.2. The summed E-state index contributed by atoms with van der Waals surface area (Å²) < 4.78 is 0. The van der Waals surface area contributed by atoms with E-state index >= 15 is 0 Å². The van der Waals surface area contributed by atoms with Crippen molar-refractivity contribution >= 4 is 64.6 Å². The van der Waals surface area contributed by atoms with Gasteiger partial charge in [-0.2, -0.15) is 0 Å². The molecule has 0 N–H and O–H groups in total. The van der Waals surface area contributed by atoms with E-state index in [-0.39, 0.29) is 0 Å². The van der Waals surface area contributed by atoms with Gasteiger partial charge in [-0.05, 0) is 100 Å². The Hall–Kier alpha value is -6.12. The summed E-state index contributed by atoms with van der Waals surface area (Å²) in [5.74, 6) is 0. The molecule has 0 atom stereocenters. The Kier molecular flexibility index (Phi) is 5.31. The fourth-order valence-electron chi connectivity index (χ4n) is 7.55. The van der Waals surface area contributed by atoms with E-state index in [1.54, 1.807) is 6.20 Å². The zero-order valence-electron chi connectivity index (χ0n) is 24.9. The van der Waals surface area contributed by atoms with Crippen molar-refractivity contribution in [3.05, 3.63) is 158 Å². The van der Waals surface area contributed by atoms with Crippen LogP contribution in [-0.2, 0) is 0 Å². The number of rotatable bonds is 3. The van der Waals surface area contributed by atoms with Crippen molar-refractivity contribution in [3.63, 3.8) is 0 Å². The maximum atomic E-state index is 4.78. The summed E-state index contributed by atoms with van der Waals surface area (Å²) in [7, 11) is 0. The first-order chi connectivity index (χ1) is 22.8. The van der Waals surface area contributed by atoms with Gasteiger partial charge in [-0.15, -0.1) is 0 Å². The van der Waals surface area contributed by atoms with E-state index < -0.39 is 0 Å². The number of fused-ring (bicyclic) bond motifs is 2. The van der Waals surface area contributed by atoms with Gasteiger partial charge in [0.15, 0.2) is 0 Å². The predicted molar refractivity (Wildman–Crippen MR) is 195 cm³/mol.